The summed E-state index contributed by atoms with van der Waals surface area (Å²) in [6.45, 7) is 18.5. The normalized spacial score (nSPS) is 12.4. The molecule has 0 amide bonds. The van der Waals surface area contributed by atoms with Crippen molar-refractivity contribution in [2.45, 2.75) is 79.1 Å². The molecule has 0 saturated carbocycles. The molecule has 0 aliphatic rings. The van der Waals surface area contributed by atoms with Gasteiger partial charge in [-0.2, -0.15) is 0 Å². The standard InChI is InChI=1S/C20H30S2/c1-11(2)17-9-15(19(21-17)13(5)6)16-10-18(12(3)4)22-20(16)14(7)8/h9-14H,1-8H3. The fraction of sp³-hybridized carbons (Fsp3) is 0.600. The molecule has 0 radical (unpaired) electrons. The summed E-state index contributed by atoms with van der Waals surface area (Å²) in [6.07, 6.45) is 0. The Kier molecular flexibility index (Phi) is 5.55. The van der Waals surface area contributed by atoms with Gasteiger partial charge >= 0.3 is 0 Å². The molecule has 0 spiro atoms. The van der Waals surface area contributed by atoms with Crippen LogP contribution in [0.15, 0.2) is 12.1 Å². The van der Waals surface area contributed by atoms with Gasteiger partial charge in [-0.25, -0.2) is 0 Å². The first-order chi connectivity index (χ1) is 10.2. The van der Waals surface area contributed by atoms with E-state index in [1.807, 2.05) is 22.7 Å². The first-order valence-electron chi connectivity index (χ1n) is 8.49. The molecule has 0 aliphatic heterocycles. The smallest absolute Gasteiger partial charge is 0.0152 e. The van der Waals surface area contributed by atoms with E-state index in [9.17, 15) is 0 Å². The van der Waals surface area contributed by atoms with Crippen LogP contribution in [0.2, 0.25) is 0 Å². The molecular weight excluding hydrogens is 304 g/mol. The van der Waals surface area contributed by atoms with Gasteiger partial charge in [0.05, 0.1) is 0 Å². The van der Waals surface area contributed by atoms with Gasteiger partial charge in [0.2, 0.25) is 0 Å². The van der Waals surface area contributed by atoms with Crippen molar-refractivity contribution < 1.29 is 0 Å². The van der Waals surface area contributed by atoms with Gasteiger partial charge in [-0.05, 0) is 46.9 Å². The van der Waals surface area contributed by atoms with Crippen molar-refractivity contribution in [3.8, 4) is 11.1 Å². The van der Waals surface area contributed by atoms with Gasteiger partial charge in [0.1, 0.15) is 0 Å². The van der Waals surface area contributed by atoms with Crippen LogP contribution in [0, 0.1) is 0 Å². The number of hydrogen-bond acceptors (Lipinski definition) is 2. The van der Waals surface area contributed by atoms with E-state index in [2.05, 4.69) is 67.5 Å². The molecule has 122 valence electrons. The molecule has 2 aromatic heterocycles. The molecule has 0 nitrogen and oxygen atoms in total. The SMILES string of the molecule is CC(C)c1cc(-c2cc(C(C)C)sc2C(C)C)c(C(C)C)s1. The Bertz CT molecular complexity index is 568. The van der Waals surface area contributed by atoms with E-state index in [4.69, 9.17) is 0 Å². The van der Waals surface area contributed by atoms with Gasteiger partial charge in [0, 0.05) is 19.5 Å². The van der Waals surface area contributed by atoms with E-state index in [-0.39, 0.29) is 0 Å². The van der Waals surface area contributed by atoms with Crippen LogP contribution in [0.1, 0.15) is 98.6 Å². The van der Waals surface area contributed by atoms with Crippen molar-refractivity contribution in [1.29, 1.82) is 0 Å². The van der Waals surface area contributed by atoms with Crippen LogP contribution in [0.5, 0.6) is 0 Å². The predicted molar refractivity (Wildman–Crippen MR) is 104 cm³/mol. The van der Waals surface area contributed by atoms with Crippen molar-refractivity contribution in [2.75, 3.05) is 0 Å². The summed E-state index contributed by atoms with van der Waals surface area (Å²) < 4.78 is 0. The predicted octanol–water partition coefficient (Wildman–Crippen LogP) is 7.97. The van der Waals surface area contributed by atoms with Crippen LogP contribution in [0.4, 0.5) is 0 Å². The quantitative estimate of drug-likeness (QED) is 0.520. The average molecular weight is 335 g/mol. The Morgan fingerprint density at radius 1 is 0.545 bits per heavy atom. The Morgan fingerprint density at radius 3 is 1.09 bits per heavy atom. The van der Waals surface area contributed by atoms with E-state index in [0.29, 0.717) is 23.7 Å². The third-order valence-corrected chi connectivity index (χ3v) is 7.51. The fourth-order valence-corrected chi connectivity index (χ4v) is 5.06. The summed E-state index contributed by atoms with van der Waals surface area (Å²) in [4.78, 5) is 6.15. The Balaban J connectivity index is 2.64. The number of rotatable bonds is 5. The molecule has 2 rings (SSSR count). The zero-order chi connectivity index (χ0) is 16.6. The van der Waals surface area contributed by atoms with Gasteiger partial charge < -0.3 is 0 Å². The Morgan fingerprint density at radius 2 is 0.864 bits per heavy atom. The van der Waals surface area contributed by atoms with E-state index in [0.717, 1.165) is 0 Å². The largest absolute Gasteiger partial charge is 0.144 e. The molecule has 0 aromatic carbocycles. The Labute approximate surface area is 144 Å². The van der Waals surface area contributed by atoms with Crippen LogP contribution in [0.3, 0.4) is 0 Å². The molecule has 2 aromatic rings. The number of hydrogen-bond donors (Lipinski definition) is 0. The van der Waals surface area contributed by atoms with Crippen LogP contribution in [-0.4, -0.2) is 0 Å². The van der Waals surface area contributed by atoms with Gasteiger partial charge in [-0.15, -0.1) is 22.7 Å². The fourth-order valence-electron chi connectivity index (χ4n) is 2.70. The maximum Gasteiger partial charge on any atom is 0.0152 e. The van der Waals surface area contributed by atoms with E-state index >= 15 is 0 Å². The summed E-state index contributed by atoms with van der Waals surface area (Å²) in [5.74, 6) is 2.41. The maximum absolute atomic E-state index is 2.46. The summed E-state index contributed by atoms with van der Waals surface area (Å²) >= 11 is 4.03. The average Bonchev–Trinajstić information content (AvgIpc) is 3.02. The minimum absolute atomic E-state index is 0.593. The topological polar surface area (TPSA) is 0 Å². The summed E-state index contributed by atoms with van der Waals surface area (Å²) in [5.41, 5.74) is 2.99. The number of thiophene rings is 2. The van der Waals surface area contributed by atoms with Gasteiger partial charge in [0.15, 0.2) is 0 Å². The van der Waals surface area contributed by atoms with Crippen molar-refractivity contribution in [3.63, 3.8) is 0 Å². The lowest BCUT2D eigenvalue weighted by molar-refractivity contribution is 0.881. The van der Waals surface area contributed by atoms with Crippen molar-refractivity contribution in [2.24, 2.45) is 0 Å². The third kappa shape index (κ3) is 3.49. The van der Waals surface area contributed by atoms with E-state index < -0.39 is 0 Å². The van der Waals surface area contributed by atoms with Crippen molar-refractivity contribution in [3.05, 3.63) is 31.6 Å². The second-order valence-corrected chi connectivity index (χ2v) is 9.70. The molecule has 0 saturated heterocycles. The van der Waals surface area contributed by atoms with E-state index in [1.165, 1.54) is 20.9 Å². The monoisotopic (exact) mass is 334 g/mol. The van der Waals surface area contributed by atoms with Gasteiger partial charge in [-0.3, -0.25) is 0 Å². The molecule has 2 heteroatoms. The molecule has 0 fully saturated rings. The van der Waals surface area contributed by atoms with Crippen LogP contribution >= 0.6 is 22.7 Å². The molecule has 0 bridgehead atoms. The van der Waals surface area contributed by atoms with Crippen LogP contribution in [0.25, 0.3) is 11.1 Å². The lowest BCUT2D eigenvalue weighted by atomic mass is 9.96. The molecular formula is C20H30S2. The van der Waals surface area contributed by atoms with Gasteiger partial charge in [-0.1, -0.05) is 55.4 Å². The van der Waals surface area contributed by atoms with E-state index in [1.54, 1.807) is 9.75 Å². The van der Waals surface area contributed by atoms with Crippen molar-refractivity contribution >= 4 is 22.7 Å². The molecule has 22 heavy (non-hydrogen) atoms. The highest BCUT2D eigenvalue weighted by molar-refractivity contribution is 7.13. The molecule has 0 atom stereocenters. The van der Waals surface area contributed by atoms with Crippen LogP contribution < -0.4 is 0 Å². The summed E-state index contributed by atoms with van der Waals surface area (Å²) in [7, 11) is 0. The first kappa shape index (κ1) is 17.7. The second-order valence-electron chi connectivity index (χ2n) is 7.47. The zero-order valence-electron chi connectivity index (χ0n) is 15.3. The zero-order valence-corrected chi connectivity index (χ0v) is 16.9. The van der Waals surface area contributed by atoms with Gasteiger partial charge in [0.25, 0.3) is 0 Å². The maximum atomic E-state index is 2.46. The second kappa shape index (κ2) is 6.88. The summed E-state index contributed by atoms with van der Waals surface area (Å²) in [5, 5.41) is 0. The highest BCUT2D eigenvalue weighted by Crippen LogP contribution is 2.45. The van der Waals surface area contributed by atoms with Crippen molar-refractivity contribution in [1.82, 2.24) is 0 Å². The third-order valence-electron chi connectivity index (χ3n) is 4.04. The molecule has 2 heterocycles. The summed E-state index contributed by atoms with van der Waals surface area (Å²) in [6, 6.07) is 4.92. The van der Waals surface area contributed by atoms with Crippen LogP contribution in [-0.2, 0) is 0 Å². The molecule has 0 aliphatic carbocycles. The minimum atomic E-state index is 0.593. The highest BCUT2D eigenvalue weighted by Gasteiger charge is 2.21. The minimum Gasteiger partial charge on any atom is -0.144 e. The highest BCUT2D eigenvalue weighted by atomic mass is 32.1. The Hall–Kier alpha value is -0.600. The molecule has 0 N–H and O–H groups in total. The first-order valence-corrected chi connectivity index (χ1v) is 10.1. The lowest BCUT2D eigenvalue weighted by Gasteiger charge is -2.10. The lowest BCUT2D eigenvalue weighted by Crippen LogP contribution is -1.89. The molecule has 0 unspecified atom stereocenters.